The van der Waals surface area contributed by atoms with Crippen molar-refractivity contribution in [3.8, 4) is 6.07 Å². The Kier molecular flexibility index (Phi) is 2.55. The van der Waals surface area contributed by atoms with E-state index in [-0.39, 0.29) is 0 Å². The van der Waals surface area contributed by atoms with Crippen LogP contribution >= 0.6 is 15.9 Å². The molecule has 0 fully saturated rings. The second kappa shape index (κ2) is 3.85. The van der Waals surface area contributed by atoms with Gasteiger partial charge < -0.3 is 4.98 Å². The first-order valence-electron chi connectivity index (χ1n) is 4.44. The lowest BCUT2D eigenvalue weighted by atomic mass is 10.1. The number of aromatic nitrogens is 1. The van der Waals surface area contributed by atoms with Gasteiger partial charge in [-0.1, -0.05) is 22.0 Å². The van der Waals surface area contributed by atoms with E-state index in [1.807, 2.05) is 18.3 Å². The maximum atomic E-state index is 8.51. The number of benzene rings is 1. The minimum absolute atomic E-state index is 0.572. The van der Waals surface area contributed by atoms with Crippen molar-refractivity contribution in [3.05, 3.63) is 34.4 Å². The summed E-state index contributed by atoms with van der Waals surface area (Å²) in [7, 11) is 0. The first-order chi connectivity index (χ1) is 6.81. The highest BCUT2D eigenvalue weighted by molar-refractivity contribution is 9.10. The van der Waals surface area contributed by atoms with Crippen LogP contribution in [0.15, 0.2) is 28.9 Å². The molecule has 0 saturated heterocycles. The molecule has 1 aromatic heterocycles. The minimum atomic E-state index is 0.572. The van der Waals surface area contributed by atoms with Gasteiger partial charge in [-0.25, -0.2) is 0 Å². The smallest absolute Gasteiger partial charge is 0.0625 e. The molecule has 0 atom stereocenters. The summed E-state index contributed by atoms with van der Waals surface area (Å²) in [5.41, 5.74) is 2.33. The zero-order valence-electron chi connectivity index (χ0n) is 7.55. The predicted molar refractivity (Wildman–Crippen MR) is 59.9 cm³/mol. The van der Waals surface area contributed by atoms with Crippen molar-refractivity contribution >= 4 is 26.8 Å². The van der Waals surface area contributed by atoms with Crippen LogP contribution in [0.2, 0.25) is 0 Å². The van der Waals surface area contributed by atoms with Crippen LogP contribution in [-0.4, -0.2) is 4.98 Å². The molecule has 1 N–H and O–H groups in total. The van der Waals surface area contributed by atoms with Crippen molar-refractivity contribution in [2.75, 3.05) is 0 Å². The third kappa shape index (κ3) is 1.66. The lowest BCUT2D eigenvalue weighted by Gasteiger charge is -1.95. The van der Waals surface area contributed by atoms with Gasteiger partial charge in [0.05, 0.1) is 6.07 Å². The Bertz CT molecular complexity index is 493. The number of rotatable bonds is 2. The standard InChI is InChI=1S/C11H9BrN2/c12-9-3-4-10-8(2-1-5-13)7-14-11(10)6-9/h3-4,6-7,14H,1-2H2. The lowest BCUT2D eigenvalue weighted by Crippen LogP contribution is -1.79. The molecule has 0 spiro atoms. The lowest BCUT2D eigenvalue weighted by molar-refractivity contribution is 1.02. The van der Waals surface area contributed by atoms with Crippen molar-refractivity contribution in [1.29, 1.82) is 5.26 Å². The van der Waals surface area contributed by atoms with Crippen LogP contribution in [0.3, 0.4) is 0 Å². The molecule has 0 amide bonds. The number of fused-ring (bicyclic) bond motifs is 1. The molecule has 0 aliphatic carbocycles. The number of nitrogens with zero attached hydrogens (tertiary/aromatic N) is 1. The van der Waals surface area contributed by atoms with Crippen molar-refractivity contribution in [2.45, 2.75) is 12.8 Å². The number of nitrogens with one attached hydrogen (secondary N) is 1. The molecular weight excluding hydrogens is 240 g/mol. The number of H-pyrrole nitrogens is 1. The molecule has 2 nitrogen and oxygen atoms in total. The summed E-state index contributed by atoms with van der Waals surface area (Å²) in [6.07, 6.45) is 3.37. The third-order valence-electron chi connectivity index (χ3n) is 2.24. The molecular formula is C11H9BrN2. The van der Waals surface area contributed by atoms with Crippen molar-refractivity contribution in [1.82, 2.24) is 4.98 Å². The highest BCUT2D eigenvalue weighted by Crippen LogP contribution is 2.22. The number of aromatic amines is 1. The van der Waals surface area contributed by atoms with Crippen LogP contribution in [0.25, 0.3) is 10.9 Å². The monoisotopic (exact) mass is 248 g/mol. The minimum Gasteiger partial charge on any atom is -0.361 e. The van der Waals surface area contributed by atoms with Gasteiger partial charge in [-0.3, -0.25) is 0 Å². The van der Waals surface area contributed by atoms with Gasteiger partial charge in [0.1, 0.15) is 0 Å². The Hall–Kier alpha value is -1.27. The van der Waals surface area contributed by atoms with Gasteiger partial charge in [0, 0.05) is 28.0 Å². The Labute approximate surface area is 90.7 Å². The van der Waals surface area contributed by atoms with Crippen LogP contribution in [0.4, 0.5) is 0 Å². The normalized spacial score (nSPS) is 10.3. The Morgan fingerprint density at radius 3 is 3.07 bits per heavy atom. The molecule has 0 aliphatic rings. The van der Waals surface area contributed by atoms with Gasteiger partial charge in [-0.2, -0.15) is 5.26 Å². The van der Waals surface area contributed by atoms with Gasteiger partial charge in [-0.15, -0.1) is 0 Å². The van der Waals surface area contributed by atoms with E-state index in [9.17, 15) is 0 Å². The van der Waals surface area contributed by atoms with E-state index in [0.29, 0.717) is 6.42 Å². The number of aryl methyl sites for hydroxylation is 1. The van der Waals surface area contributed by atoms with E-state index in [2.05, 4.69) is 33.0 Å². The highest BCUT2D eigenvalue weighted by atomic mass is 79.9. The van der Waals surface area contributed by atoms with E-state index < -0.39 is 0 Å². The van der Waals surface area contributed by atoms with E-state index >= 15 is 0 Å². The van der Waals surface area contributed by atoms with Crippen LogP contribution in [0.5, 0.6) is 0 Å². The quantitative estimate of drug-likeness (QED) is 0.870. The largest absolute Gasteiger partial charge is 0.361 e. The van der Waals surface area contributed by atoms with E-state index in [1.165, 1.54) is 10.9 Å². The molecule has 0 aliphatic heterocycles. The van der Waals surface area contributed by atoms with Crippen LogP contribution in [0.1, 0.15) is 12.0 Å². The summed E-state index contributed by atoms with van der Waals surface area (Å²) in [6.45, 7) is 0. The first kappa shape index (κ1) is 9.29. The topological polar surface area (TPSA) is 39.6 Å². The Balaban J connectivity index is 2.43. The fourth-order valence-corrected chi connectivity index (χ4v) is 1.92. The summed E-state index contributed by atoms with van der Waals surface area (Å²) in [5.74, 6) is 0. The van der Waals surface area contributed by atoms with Gasteiger partial charge >= 0.3 is 0 Å². The van der Waals surface area contributed by atoms with Gasteiger partial charge in [0.25, 0.3) is 0 Å². The molecule has 1 heterocycles. The van der Waals surface area contributed by atoms with Crippen LogP contribution < -0.4 is 0 Å². The summed E-state index contributed by atoms with van der Waals surface area (Å²) >= 11 is 3.42. The molecule has 0 unspecified atom stereocenters. The Morgan fingerprint density at radius 2 is 2.29 bits per heavy atom. The van der Waals surface area contributed by atoms with Gasteiger partial charge in [0.15, 0.2) is 0 Å². The molecule has 14 heavy (non-hydrogen) atoms. The SMILES string of the molecule is N#CCCc1c[nH]c2cc(Br)ccc12. The molecule has 2 aromatic rings. The number of hydrogen-bond donors (Lipinski definition) is 1. The Morgan fingerprint density at radius 1 is 1.43 bits per heavy atom. The van der Waals surface area contributed by atoms with Crippen molar-refractivity contribution < 1.29 is 0 Å². The number of nitriles is 1. The molecule has 2 rings (SSSR count). The van der Waals surface area contributed by atoms with Crippen LogP contribution in [0, 0.1) is 11.3 Å². The maximum absolute atomic E-state index is 8.51. The summed E-state index contributed by atoms with van der Waals surface area (Å²) in [5, 5.41) is 9.73. The molecule has 0 radical (unpaired) electrons. The first-order valence-corrected chi connectivity index (χ1v) is 5.23. The average molecular weight is 249 g/mol. The fourth-order valence-electron chi connectivity index (χ4n) is 1.56. The van der Waals surface area contributed by atoms with Gasteiger partial charge in [-0.05, 0) is 24.1 Å². The predicted octanol–water partition coefficient (Wildman–Crippen LogP) is 3.39. The maximum Gasteiger partial charge on any atom is 0.0625 e. The highest BCUT2D eigenvalue weighted by Gasteiger charge is 2.02. The molecule has 70 valence electrons. The number of halogens is 1. The zero-order chi connectivity index (χ0) is 9.97. The average Bonchev–Trinajstić information content (AvgIpc) is 2.57. The molecule has 1 aromatic carbocycles. The van der Waals surface area contributed by atoms with Crippen molar-refractivity contribution in [2.24, 2.45) is 0 Å². The second-order valence-corrected chi connectivity index (χ2v) is 4.08. The fraction of sp³-hybridized carbons (Fsp3) is 0.182. The number of hydrogen-bond acceptors (Lipinski definition) is 1. The van der Waals surface area contributed by atoms with Gasteiger partial charge in [0.2, 0.25) is 0 Å². The van der Waals surface area contributed by atoms with Crippen molar-refractivity contribution in [3.63, 3.8) is 0 Å². The second-order valence-electron chi connectivity index (χ2n) is 3.16. The van der Waals surface area contributed by atoms with E-state index in [1.54, 1.807) is 0 Å². The summed E-state index contributed by atoms with van der Waals surface area (Å²) < 4.78 is 1.07. The van der Waals surface area contributed by atoms with Crippen LogP contribution in [-0.2, 0) is 6.42 Å². The molecule has 3 heteroatoms. The summed E-state index contributed by atoms with van der Waals surface area (Å²) in [6, 6.07) is 8.30. The van der Waals surface area contributed by atoms with E-state index in [4.69, 9.17) is 5.26 Å². The summed E-state index contributed by atoms with van der Waals surface area (Å²) in [4.78, 5) is 3.20. The zero-order valence-corrected chi connectivity index (χ0v) is 9.13. The van der Waals surface area contributed by atoms with E-state index in [0.717, 1.165) is 16.4 Å². The molecule has 0 bridgehead atoms. The third-order valence-corrected chi connectivity index (χ3v) is 2.73. The molecule has 0 saturated carbocycles.